The summed E-state index contributed by atoms with van der Waals surface area (Å²) < 4.78 is 3.40. The summed E-state index contributed by atoms with van der Waals surface area (Å²) >= 11 is 0. The van der Waals surface area contributed by atoms with E-state index in [1.54, 1.807) is 22.5 Å². The second-order valence-corrected chi connectivity index (χ2v) is 4.36. The normalized spacial score (nSPS) is 11.0. The Labute approximate surface area is 109 Å². The number of anilines is 1. The van der Waals surface area contributed by atoms with E-state index in [0.29, 0.717) is 17.7 Å². The predicted molar refractivity (Wildman–Crippen MR) is 72.7 cm³/mol. The summed E-state index contributed by atoms with van der Waals surface area (Å²) in [5, 5.41) is 0. The molecular formula is C13H13N5O. The Bertz CT molecular complexity index is 788. The summed E-state index contributed by atoms with van der Waals surface area (Å²) in [4.78, 5) is 20.0. The first-order chi connectivity index (χ1) is 9.16. The molecule has 2 heterocycles. The van der Waals surface area contributed by atoms with Gasteiger partial charge >= 0.3 is 5.56 Å². The van der Waals surface area contributed by atoms with E-state index in [0.717, 1.165) is 5.56 Å². The first kappa shape index (κ1) is 11.5. The highest BCUT2D eigenvalue weighted by atomic mass is 16.1. The van der Waals surface area contributed by atoms with Gasteiger partial charge in [0.2, 0.25) is 5.95 Å². The van der Waals surface area contributed by atoms with Crippen molar-refractivity contribution < 1.29 is 0 Å². The Morgan fingerprint density at radius 3 is 2.74 bits per heavy atom. The van der Waals surface area contributed by atoms with Crippen molar-refractivity contribution in [3.63, 3.8) is 0 Å². The molecule has 0 fully saturated rings. The molecule has 0 aliphatic carbocycles. The number of rotatable bonds is 2. The van der Waals surface area contributed by atoms with Gasteiger partial charge in [-0.3, -0.25) is 9.36 Å². The van der Waals surface area contributed by atoms with Crippen LogP contribution in [0.1, 0.15) is 5.56 Å². The molecule has 96 valence electrons. The van der Waals surface area contributed by atoms with Gasteiger partial charge < -0.3 is 10.3 Å². The van der Waals surface area contributed by atoms with Crippen molar-refractivity contribution in [1.82, 2.24) is 19.1 Å². The topological polar surface area (TPSA) is 78.7 Å². The lowest BCUT2D eigenvalue weighted by Gasteiger charge is -2.06. The van der Waals surface area contributed by atoms with Gasteiger partial charge in [-0.2, -0.15) is 4.98 Å². The van der Waals surface area contributed by atoms with Crippen LogP contribution in [-0.2, 0) is 13.6 Å². The van der Waals surface area contributed by atoms with Crippen LogP contribution in [0, 0.1) is 0 Å². The molecule has 6 nitrogen and oxygen atoms in total. The van der Waals surface area contributed by atoms with Gasteiger partial charge in [-0.05, 0) is 5.56 Å². The fourth-order valence-electron chi connectivity index (χ4n) is 2.08. The molecule has 3 rings (SSSR count). The quantitative estimate of drug-likeness (QED) is 0.733. The van der Waals surface area contributed by atoms with Crippen LogP contribution in [0.25, 0.3) is 11.2 Å². The fraction of sp³-hybridized carbons (Fsp3) is 0.154. The minimum Gasteiger partial charge on any atom is -0.369 e. The van der Waals surface area contributed by atoms with Gasteiger partial charge in [0.25, 0.3) is 0 Å². The average Bonchev–Trinajstić information content (AvgIpc) is 2.82. The van der Waals surface area contributed by atoms with Gasteiger partial charge in [-0.1, -0.05) is 30.3 Å². The van der Waals surface area contributed by atoms with E-state index in [1.807, 2.05) is 30.3 Å². The van der Waals surface area contributed by atoms with Crippen molar-refractivity contribution in [1.29, 1.82) is 0 Å². The zero-order valence-electron chi connectivity index (χ0n) is 10.4. The van der Waals surface area contributed by atoms with Crippen molar-refractivity contribution in [2.75, 3.05) is 5.73 Å². The van der Waals surface area contributed by atoms with E-state index in [-0.39, 0.29) is 11.5 Å². The number of benzene rings is 1. The van der Waals surface area contributed by atoms with Crippen LogP contribution in [0.3, 0.4) is 0 Å². The van der Waals surface area contributed by atoms with Crippen molar-refractivity contribution >= 4 is 17.1 Å². The van der Waals surface area contributed by atoms with E-state index < -0.39 is 0 Å². The highest BCUT2D eigenvalue weighted by Crippen LogP contribution is 2.11. The number of hydrogen-bond acceptors (Lipinski definition) is 4. The molecule has 2 N–H and O–H groups in total. The first-order valence-electron chi connectivity index (χ1n) is 5.88. The van der Waals surface area contributed by atoms with E-state index in [4.69, 9.17) is 5.73 Å². The Morgan fingerprint density at radius 1 is 1.26 bits per heavy atom. The number of aromatic nitrogens is 4. The van der Waals surface area contributed by atoms with Crippen LogP contribution in [-0.4, -0.2) is 19.1 Å². The van der Waals surface area contributed by atoms with Crippen molar-refractivity contribution in [3.8, 4) is 0 Å². The van der Waals surface area contributed by atoms with Crippen LogP contribution in [0.2, 0.25) is 0 Å². The highest BCUT2D eigenvalue weighted by Gasteiger charge is 2.12. The summed E-state index contributed by atoms with van der Waals surface area (Å²) in [6.07, 6.45) is 1.64. The molecule has 19 heavy (non-hydrogen) atoms. The van der Waals surface area contributed by atoms with Gasteiger partial charge in [0, 0.05) is 13.6 Å². The van der Waals surface area contributed by atoms with Crippen LogP contribution in [0.15, 0.2) is 41.5 Å². The van der Waals surface area contributed by atoms with Gasteiger partial charge in [0.1, 0.15) is 0 Å². The van der Waals surface area contributed by atoms with Crippen LogP contribution < -0.4 is 11.3 Å². The Hall–Kier alpha value is -2.63. The second kappa shape index (κ2) is 4.24. The van der Waals surface area contributed by atoms with Gasteiger partial charge in [-0.15, -0.1) is 0 Å². The Morgan fingerprint density at radius 2 is 2.00 bits per heavy atom. The number of nitrogens with two attached hydrogens (primary N) is 1. The molecule has 6 heteroatoms. The monoisotopic (exact) mass is 255 g/mol. The number of fused-ring (bicyclic) bond motifs is 1. The van der Waals surface area contributed by atoms with E-state index in [9.17, 15) is 4.79 Å². The molecule has 0 saturated heterocycles. The summed E-state index contributed by atoms with van der Waals surface area (Å²) in [7, 11) is 1.74. The molecule has 3 aromatic rings. The lowest BCUT2D eigenvalue weighted by Crippen LogP contribution is -2.18. The maximum Gasteiger partial charge on any atom is 0.300 e. The molecule has 0 aliphatic rings. The van der Waals surface area contributed by atoms with Crippen LogP contribution in [0.5, 0.6) is 0 Å². The standard InChI is InChI=1S/C13H13N5O/c1-17-11-10(12(19)16-13(17)14)18(8-15-11)7-9-5-3-2-4-6-9/h2-6,8H,7H2,1H3,(H2,14,16,19). The third-order valence-corrected chi connectivity index (χ3v) is 3.09. The fourth-order valence-corrected chi connectivity index (χ4v) is 2.08. The lowest BCUT2D eigenvalue weighted by molar-refractivity contribution is 0.818. The van der Waals surface area contributed by atoms with Crippen molar-refractivity contribution in [2.24, 2.45) is 7.05 Å². The minimum atomic E-state index is -0.348. The molecular weight excluding hydrogens is 242 g/mol. The molecule has 0 spiro atoms. The number of nitrogen functional groups attached to an aromatic ring is 1. The number of hydrogen-bond donors (Lipinski definition) is 1. The summed E-state index contributed by atoms with van der Waals surface area (Å²) in [6, 6.07) is 9.88. The van der Waals surface area contributed by atoms with Crippen LogP contribution >= 0.6 is 0 Å². The second-order valence-electron chi connectivity index (χ2n) is 4.36. The SMILES string of the molecule is Cn1c(N)nc(=O)c2c1ncn2Cc1ccccc1. The molecule has 0 saturated carbocycles. The summed E-state index contributed by atoms with van der Waals surface area (Å²) in [5.74, 6) is 0.169. The smallest absolute Gasteiger partial charge is 0.300 e. The molecule has 0 atom stereocenters. The summed E-state index contributed by atoms with van der Waals surface area (Å²) in [6.45, 7) is 0.582. The molecule has 2 aromatic heterocycles. The zero-order valence-corrected chi connectivity index (χ0v) is 10.4. The minimum absolute atomic E-state index is 0.169. The van der Waals surface area contributed by atoms with E-state index in [1.165, 1.54) is 0 Å². The molecule has 0 unspecified atom stereocenters. The number of nitrogens with zero attached hydrogens (tertiary/aromatic N) is 4. The number of imidazole rings is 1. The molecule has 0 aliphatic heterocycles. The van der Waals surface area contributed by atoms with Gasteiger partial charge in [0.05, 0.1) is 6.33 Å². The Kier molecular flexibility index (Phi) is 2.56. The third-order valence-electron chi connectivity index (χ3n) is 3.09. The van der Waals surface area contributed by atoms with Crippen molar-refractivity contribution in [2.45, 2.75) is 6.54 Å². The Balaban J connectivity index is 2.16. The largest absolute Gasteiger partial charge is 0.369 e. The van der Waals surface area contributed by atoms with Gasteiger partial charge in [0.15, 0.2) is 11.2 Å². The maximum absolute atomic E-state index is 12.0. The maximum atomic E-state index is 12.0. The zero-order chi connectivity index (χ0) is 13.4. The molecule has 0 amide bonds. The highest BCUT2D eigenvalue weighted by molar-refractivity contribution is 5.71. The van der Waals surface area contributed by atoms with Crippen molar-refractivity contribution in [3.05, 3.63) is 52.6 Å². The average molecular weight is 255 g/mol. The number of aryl methyl sites for hydroxylation is 1. The molecule has 0 bridgehead atoms. The predicted octanol–water partition coefficient (Wildman–Crippen LogP) is 0.760. The molecule has 1 aromatic carbocycles. The molecule has 0 radical (unpaired) electrons. The van der Waals surface area contributed by atoms with E-state index >= 15 is 0 Å². The van der Waals surface area contributed by atoms with Crippen LogP contribution in [0.4, 0.5) is 5.95 Å². The summed E-state index contributed by atoms with van der Waals surface area (Å²) in [5.41, 5.74) is 7.42. The first-order valence-corrected chi connectivity index (χ1v) is 5.88. The third kappa shape index (κ3) is 1.87. The van der Waals surface area contributed by atoms with Gasteiger partial charge in [-0.25, -0.2) is 4.98 Å². The van der Waals surface area contributed by atoms with E-state index in [2.05, 4.69) is 9.97 Å². The lowest BCUT2D eigenvalue weighted by atomic mass is 10.2.